The van der Waals surface area contributed by atoms with Crippen LogP contribution < -0.4 is 15.1 Å². The Labute approximate surface area is 213 Å². The number of hydrogen-bond donors (Lipinski definition) is 0. The first-order chi connectivity index (χ1) is 17.5. The lowest BCUT2D eigenvalue weighted by atomic mass is 10.1. The van der Waals surface area contributed by atoms with Gasteiger partial charge in [0.1, 0.15) is 0 Å². The summed E-state index contributed by atoms with van der Waals surface area (Å²) in [5.41, 5.74) is 0.0361. The molecule has 1 aromatic carbocycles. The van der Waals surface area contributed by atoms with Crippen molar-refractivity contribution >= 4 is 23.7 Å². The number of alkyl halides is 3. The number of carboxylic acid groups (broad SMARTS) is 2. The van der Waals surface area contributed by atoms with E-state index in [1.165, 1.54) is 12.1 Å². The van der Waals surface area contributed by atoms with Gasteiger partial charge in [-0.3, -0.25) is 9.80 Å². The van der Waals surface area contributed by atoms with Gasteiger partial charge in [0.25, 0.3) is 0 Å². The van der Waals surface area contributed by atoms with Crippen LogP contribution in [0.3, 0.4) is 0 Å². The summed E-state index contributed by atoms with van der Waals surface area (Å²) in [6, 6.07) is 5.56. The summed E-state index contributed by atoms with van der Waals surface area (Å²) in [6.07, 6.45) is -3.78. The zero-order chi connectivity index (χ0) is 27.4. The monoisotopic (exact) mass is 528 g/mol. The third-order valence-corrected chi connectivity index (χ3v) is 5.90. The van der Waals surface area contributed by atoms with Crippen molar-refractivity contribution in [2.45, 2.75) is 13.1 Å². The Kier molecular flexibility index (Phi) is 11.7. The fourth-order valence-corrected chi connectivity index (χ4v) is 3.90. The zero-order valence-corrected chi connectivity index (χ0v) is 20.6. The van der Waals surface area contributed by atoms with Crippen molar-refractivity contribution in [1.82, 2.24) is 14.7 Å². The van der Waals surface area contributed by atoms with Crippen LogP contribution in [0.25, 0.3) is 0 Å². The second-order valence-electron chi connectivity index (χ2n) is 8.38. The molecule has 2 heterocycles. The van der Waals surface area contributed by atoms with Crippen LogP contribution >= 0.6 is 0 Å². The van der Waals surface area contributed by atoms with Crippen molar-refractivity contribution < 1.29 is 42.5 Å². The number of rotatable bonds is 7. The summed E-state index contributed by atoms with van der Waals surface area (Å²) in [5.74, 6) is -3.09. The van der Waals surface area contributed by atoms with E-state index in [4.69, 9.17) is 4.74 Å². The number of anilines is 1. The molecule has 1 amide bonds. The summed E-state index contributed by atoms with van der Waals surface area (Å²) < 4.78 is 43.8. The van der Waals surface area contributed by atoms with Crippen LogP contribution in [0.4, 0.5) is 23.7 Å². The Morgan fingerprint density at radius 1 is 0.892 bits per heavy atom. The number of hydrogen-bond acceptors (Lipinski definition) is 9. The van der Waals surface area contributed by atoms with Gasteiger partial charge in [0, 0.05) is 71.1 Å². The highest BCUT2D eigenvalue weighted by atomic mass is 19.4. The van der Waals surface area contributed by atoms with E-state index < -0.39 is 23.7 Å². The lowest BCUT2D eigenvalue weighted by molar-refractivity contribution is -0.301. The largest absolute Gasteiger partial charge is 0.545 e. The van der Waals surface area contributed by atoms with Gasteiger partial charge >= 0.3 is 12.3 Å². The Morgan fingerprint density at radius 3 is 1.86 bits per heavy atom. The van der Waals surface area contributed by atoms with Crippen LogP contribution in [0.1, 0.15) is 12.5 Å². The molecule has 1 aromatic rings. The number of carbonyl (C=O) groups excluding carboxylic acids is 3. The third kappa shape index (κ3) is 10.7. The van der Waals surface area contributed by atoms with Crippen LogP contribution in [0.5, 0.6) is 0 Å². The topological polar surface area (TPSA) is 120 Å². The highest BCUT2D eigenvalue weighted by Crippen LogP contribution is 2.31. The van der Waals surface area contributed by atoms with E-state index in [2.05, 4.69) is 9.80 Å². The predicted molar refractivity (Wildman–Crippen MR) is 124 cm³/mol. The summed E-state index contributed by atoms with van der Waals surface area (Å²) in [6.45, 7) is 10.2. The number of ether oxygens (including phenoxy) is 1. The maximum Gasteiger partial charge on any atom is 0.416 e. The predicted octanol–water partition coefficient (Wildman–Crippen LogP) is -0.356. The fourth-order valence-electron chi connectivity index (χ4n) is 3.90. The summed E-state index contributed by atoms with van der Waals surface area (Å²) in [5, 5.41) is 18.8. The van der Waals surface area contributed by atoms with Gasteiger partial charge in [-0.15, -0.1) is 0 Å². The second-order valence-corrected chi connectivity index (χ2v) is 8.38. The smallest absolute Gasteiger partial charge is 0.416 e. The van der Waals surface area contributed by atoms with Gasteiger partial charge in [-0.25, -0.2) is 4.79 Å². The van der Waals surface area contributed by atoms with Crippen molar-refractivity contribution in [2.75, 3.05) is 77.0 Å². The molecule has 37 heavy (non-hydrogen) atoms. The number of carbonyl (C=O) groups is 3. The van der Waals surface area contributed by atoms with E-state index in [-0.39, 0.29) is 6.09 Å². The Balaban J connectivity index is 0.000000521. The highest BCUT2D eigenvalue weighted by molar-refractivity contribution is 5.87. The average Bonchev–Trinajstić information content (AvgIpc) is 2.87. The summed E-state index contributed by atoms with van der Waals surface area (Å²) >= 11 is 0. The van der Waals surface area contributed by atoms with Crippen molar-refractivity contribution in [3.05, 3.63) is 42.0 Å². The van der Waals surface area contributed by atoms with Gasteiger partial charge < -0.3 is 34.3 Å². The minimum Gasteiger partial charge on any atom is -0.545 e. The normalized spacial score (nSPS) is 17.3. The van der Waals surface area contributed by atoms with Gasteiger partial charge in [0.2, 0.25) is 0 Å². The average molecular weight is 529 g/mol. The minimum atomic E-state index is -4.31. The Morgan fingerprint density at radius 2 is 1.41 bits per heavy atom. The maximum atomic E-state index is 12.9. The maximum absolute atomic E-state index is 12.9. The number of aliphatic carboxylic acids is 2. The van der Waals surface area contributed by atoms with E-state index in [0.29, 0.717) is 37.5 Å². The van der Waals surface area contributed by atoms with Gasteiger partial charge in [-0.05, 0) is 37.3 Å². The van der Waals surface area contributed by atoms with Gasteiger partial charge in [-0.1, -0.05) is 6.07 Å². The Hall–Kier alpha value is -3.32. The van der Waals surface area contributed by atoms with Crippen LogP contribution in [0, 0.1) is 0 Å². The second kappa shape index (κ2) is 14.4. The summed E-state index contributed by atoms with van der Waals surface area (Å²) in [7, 11) is 0. The van der Waals surface area contributed by atoms with Crippen molar-refractivity contribution in [2.24, 2.45) is 0 Å². The molecule has 0 bridgehead atoms. The molecule has 0 aliphatic carbocycles. The fraction of sp³-hybridized carbons (Fsp3) is 0.542. The lowest BCUT2D eigenvalue weighted by Gasteiger charge is -2.38. The van der Waals surface area contributed by atoms with Crippen molar-refractivity contribution in [3.63, 3.8) is 0 Å². The molecule has 0 saturated carbocycles. The van der Waals surface area contributed by atoms with Gasteiger partial charge in [0.05, 0.1) is 24.1 Å². The molecule has 0 atom stereocenters. The molecule has 2 aliphatic heterocycles. The Bertz CT molecular complexity index is 911. The minimum absolute atomic E-state index is 0.238. The van der Waals surface area contributed by atoms with Crippen molar-refractivity contribution in [3.8, 4) is 0 Å². The quantitative estimate of drug-likeness (QED) is 0.437. The number of benzene rings is 1. The molecule has 0 N–H and O–H groups in total. The number of nitrogens with zero attached hydrogens (tertiary/aromatic N) is 4. The van der Waals surface area contributed by atoms with E-state index >= 15 is 0 Å². The van der Waals surface area contributed by atoms with Gasteiger partial charge in [0.15, 0.2) is 0 Å². The molecule has 10 nitrogen and oxygen atoms in total. The van der Waals surface area contributed by atoms with Gasteiger partial charge in [-0.2, -0.15) is 13.2 Å². The van der Waals surface area contributed by atoms with Crippen LogP contribution in [-0.2, 0) is 20.5 Å². The summed E-state index contributed by atoms with van der Waals surface area (Å²) in [4.78, 5) is 39.0. The molecule has 0 radical (unpaired) electrons. The first-order valence-electron chi connectivity index (χ1n) is 11.9. The number of carboxylic acids is 2. The van der Waals surface area contributed by atoms with E-state index in [1.54, 1.807) is 17.9 Å². The molecule has 13 heteroatoms. The standard InChI is InChI=1S/C20H29F3N4O2.C4H4O4/c1-2-29-19(28)27-14-10-25(11-15-27)7-6-24-8-12-26(13-9-24)18-5-3-4-17(16-18)20(21,22)23;5-3(6)1-2-4(7)8/h3-5,16H,2,6-15H2,1H3;1-2H,(H,5,6)(H,7,8)/p-2. The van der Waals surface area contributed by atoms with E-state index in [0.717, 1.165) is 58.4 Å². The van der Waals surface area contributed by atoms with E-state index in [1.807, 2.05) is 4.90 Å². The number of halogens is 3. The number of amides is 1. The molecule has 3 rings (SSSR count). The molecule has 0 spiro atoms. The molecule has 2 fully saturated rings. The van der Waals surface area contributed by atoms with Crippen molar-refractivity contribution in [1.29, 1.82) is 0 Å². The molecule has 0 unspecified atom stereocenters. The van der Waals surface area contributed by atoms with Crippen LogP contribution in [0.2, 0.25) is 0 Å². The molecule has 0 aromatic heterocycles. The third-order valence-electron chi connectivity index (χ3n) is 5.90. The van der Waals surface area contributed by atoms with Crippen LogP contribution in [-0.4, -0.2) is 105 Å². The molecule has 2 aliphatic rings. The zero-order valence-electron chi connectivity index (χ0n) is 20.6. The molecular weight excluding hydrogens is 497 g/mol. The molecule has 206 valence electrons. The SMILES string of the molecule is CCOC(=O)N1CCN(CCN2CCN(c3cccc(C(F)(F)F)c3)CC2)CC1.O=C([O-])C=CC(=O)[O-]. The van der Waals surface area contributed by atoms with Crippen LogP contribution in [0.15, 0.2) is 36.4 Å². The first kappa shape index (κ1) is 29.9. The number of piperazine rings is 2. The first-order valence-corrected chi connectivity index (χ1v) is 11.9. The van der Waals surface area contributed by atoms with E-state index in [9.17, 15) is 37.8 Å². The molecular formula is C24H31F3N4O6-2. The lowest BCUT2D eigenvalue weighted by Crippen LogP contribution is -2.52. The molecule has 2 saturated heterocycles. The highest BCUT2D eigenvalue weighted by Gasteiger charge is 2.31.